The van der Waals surface area contributed by atoms with Gasteiger partial charge in [0.05, 0.1) is 23.7 Å². The predicted octanol–water partition coefficient (Wildman–Crippen LogP) is 3.06. The molecule has 0 unspecified atom stereocenters. The van der Waals surface area contributed by atoms with Crippen LogP contribution in [-0.4, -0.2) is 49.9 Å². The van der Waals surface area contributed by atoms with E-state index in [2.05, 4.69) is 20.3 Å². The van der Waals surface area contributed by atoms with E-state index in [1.807, 2.05) is 10.6 Å². The molecule has 1 amide bonds. The molecule has 0 atom stereocenters. The standard InChI is InChI=1S/C22H24ClN7O4S/c23-21-27-19(24)18-20(28-21)29(13-26-18)8-1-2-10-34-22(31)25-12-14-3-6-17-15(11-14)7-9-30(17)35(32,33)16-4-5-16/h3,6-7,9,11,13,16H,1-2,4-5,8,10,12H2,(H,25,31)(H2,24,27,28). The van der Waals surface area contributed by atoms with Crippen LogP contribution in [0.5, 0.6) is 0 Å². The number of aryl methyl sites for hydroxylation is 1. The van der Waals surface area contributed by atoms with E-state index in [-0.39, 0.29) is 29.5 Å². The van der Waals surface area contributed by atoms with Crippen LogP contribution in [0.2, 0.25) is 5.28 Å². The fraction of sp³-hybridized carbons (Fsp3) is 0.364. The summed E-state index contributed by atoms with van der Waals surface area (Å²) in [5.74, 6) is 0.235. The predicted molar refractivity (Wildman–Crippen MR) is 131 cm³/mol. The highest BCUT2D eigenvalue weighted by atomic mass is 35.5. The number of nitrogens with zero attached hydrogens (tertiary/aromatic N) is 5. The normalized spacial score (nSPS) is 14.0. The average Bonchev–Trinajstić information content (AvgIpc) is 3.49. The lowest BCUT2D eigenvalue weighted by atomic mass is 10.1. The molecule has 0 spiro atoms. The number of halogens is 1. The molecule has 3 aromatic heterocycles. The summed E-state index contributed by atoms with van der Waals surface area (Å²) in [7, 11) is -3.33. The van der Waals surface area contributed by atoms with Gasteiger partial charge in [-0.15, -0.1) is 0 Å². The number of benzene rings is 1. The number of nitrogens with two attached hydrogens (primary N) is 1. The number of fused-ring (bicyclic) bond motifs is 2. The Morgan fingerprint density at radius 1 is 1.23 bits per heavy atom. The average molecular weight is 518 g/mol. The number of nitrogens with one attached hydrogen (secondary N) is 1. The molecule has 1 saturated carbocycles. The number of anilines is 1. The molecular weight excluding hydrogens is 494 g/mol. The van der Waals surface area contributed by atoms with E-state index in [0.29, 0.717) is 42.5 Å². The van der Waals surface area contributed by atoms with Gasteiger partial charge in [-0.1, -0.05) is 6.07 Å². The largest absolute Gasteiger partial charge is 0.450 e. The lowest BCUT2D eigenvalue weighted by molar-refractivity contribution is 0.143. The summed E-state index contributed by atoms with van der Waals surface area (Å²) >= 11 is 5.87. The number of unbranched alkanes of at least 4 members (excludes halogenated alkanes) is 1. The van der Waals surface area contributed by atoms with Crippen LogP contribution >= 0.6 is 11.6 Å². The first-order valence-corrected chi connectivity index (χ1v) is 13.1. The molecule has 5 rings (SSSR count). The van der Waals surface area contributed by atoms with Crippen molar-refractivity contribution in [3.63, 3.8) is 0 Å². The third-order valence-corrected chi connectivity index (χ3v) is 8.22. The zero-order chi connectivity index (χ0) is 24.6. The van der Waals surface area contributed by atoms with Crippen LogP contribution in [0.15, 0.2) is 36.8 Å². The van der Waals surface area contributed by atoms with Crippen LogP contribution in [0.3, 0.4) is 0 Å². The molecule has 1 aromatic carbocycles. The number of ether oxygens (including phenoxy) is 1. The van der Waals surface area contributed by atoms with Gasteiger partial charge in [-0.3, -0.25) is 0 Å². The molecule has 13 heteroatoms. The van der Waals surface area contributed by atoms with Crippen molar-refractivity contribution in [2.75, 3.05) is 12.3 Å². The van der Waals surface area contributed by atoms with Crippen molar-refractivity contribution in [3.8, 4) is 0 Å². The van der Waals surface area contributed by atoms with E-state index in [0.717, 1.165) is 17.4 Å². The highest BCUT2D eigenvalue weighted by Crippen LogP contribution is 2.32. The van der Waals surface area contributed by atoms with Crippen LogP contribution in [0, 0.1) is 0 Å². The summed E-state index contributed by atoms with van der Waals surface area (Å²) in [6.45, 7) is 1.15. The number of hydrogen-bond acceptors (Lipinski definition) is 8. The Labute approximate surface area is 206 Å². The molecule has 184 valence electrons. The molecular formula is C22H24ClN7O4S. The van der Waals surface area contributed by atoms with Gasteiger partial charge in [0.25, 0.3) is 0 Å². The second-order valence-electron chi connectivity index (χ2n) is 8.43. The third kappa shape index (κ3) is 4.89. The zero-order valence-electron chi connectivity index (χ0n) is 18.7. The van der Waals surface area contributed by atoms with Gasteiger partial charge in [0, 0.05) is 24.7 Å². The molecule has 4 aromatic rings. The number of aromatic nitrogens is 5. The van der Waals surface area contributed by atoms with Gasteiger partial charge < -0.3 is 20.4 Å². The van der Waals surface area contributed by atoms with Gasteiger partial charge in [-0.05, 0) is 61.0 Å². The minimum atomic E-state index is -3.33. The van der Waals surface area contributed by atoms with Gasteiger partial charge in [-0.25, -0.2) is 22.2 Å². The van der Waals surface area contributed by atoms with E-state index >= 15 is 0 Å². The summed E-state index contributed by atoms with van der Waals surface area (Å²) in [4.78, 5) is 24.3. The first kappa shape index (κ1) is 23.4. The summed E-state index contributed by atoms with van der Waals surface area (Å²) in [5, 5.41) is 3.32. The maximum Gasteiger partial charge on any atom is 0.407 e. The summed E-state index contributed by atoms with van der Waals surface area (Å²) in [6, 6.07) is 7.21. The number of carbonyl (C=O) groups is 1. The van der Waals surface area contributed by atoms with Crippen molar-refractivity contribution in [1.29, 1.82) is 0 Å². The number of carbonyl (C=O) groups excluding carboxylic acids is 1. The molecule has 0 radical (unpaired) electrons. The molecule has 1 fully saturated rings. The Morgan fingerprint density at radius 2 is 2.06 bits per heavy atom. The van der Waals surface area contributed by atoms with Gasteiger partial charge in [-0.2, -0.15) is 9.97 Å². The van der Waals surface area contributed by atoms with E-state index in [9.17, 15) is 13.2 Å². The Kier molecular flexibility index (Phi) is 6.24. The Hall–Kier alpha value is -3.38. The van der Waals surface area contributed by atoms with Crippen molar-refractivity contribution in [2.24, 2.45) is 0 Å². The topological polar surface area (TPSA) is 147 Å². The molecule has 0 aliphatic heterocycles. The lowest BCUT2D eigenvalue weighted by Crippen LogP contribution is -2.24. The first-order chi connectivity index (χ1) is 16.8. The van der Waals surface area contributed by atoms with E-state index in [1.165, 1.54) is 3.97 Å². The maximum absolute atomic E-state index is 12.5. The molecule has 1 aliphatic rings. The van der Waals surface area contributed by atoms with Crippen LogP contribution < -0.4 is 11.1 Å². The smallest absolute Gasteiger partial charge is 0.407 e. The number of amides is 1. The maximum atomic E-state index is 12.5. The number of hydrogen-bond donors (Lipinski definition) is 2. The van der Waals surface area contributed by atoms with Gasteiger partial charge >= 0.3 is 6.09 Å². The van der Waals surface area contributed by atoms with Crippen molar-refractivity contribution in [2.45, 2.75) is 44.0 Å². The molecule has 3 N–H and O–H groups in total. The van der Waals surface area contributed by atoms with Crippen LogP contribution in [0.1, 0.15) is 31.2 Å². The van der Waals surface area contributed by atoms with Crippen molar-refractivity contribution >= 4 is 55.6 Å². The second-order valence-corrected chi connectivity index (χ2v) is 10.9. The van der Waals surface area contributed by atoms with E-state index in [1.54, 1.807) is 30.7 Å². The minimum absolute atomic E-state index is 0.0664. The zero-order valence-corrected chi connectivity index (χ0v) is 20.3. The summed E-state index contributed by atoms with van der Waals surface area (Å²) in [5.41, 5.74) is 8.37. The SMILES string of the molecule is Nc1nc(Cl)nc2c1ncn2CCCCOC(=O)NCc1ccc2c(ccn2S(=O)(=O)C2CC2)c1. The Bertz CT molecular complexity index is 1510. The van der Waals surface area contributed by atoms with E-state index in [4.69, 9.17) is 22.1 Å². The number of imidazole rings is 1. The fourth-order valence-corrected chi connectivity index (χ4v) is 5.80. The molecule has 35 heavy (non-hydrogen) atoms. The highest BCUT2D eigenvalue weighted by Gasteiger charge is 2.37. The van der Waals surface area contributed by atoms with Gasteiger partial charge in [0.1, 0.15) is 5.52 Å². The van der Waals surface area contributed by atoms with Crippen molar-refractivity contribution < 1.29 is 17.9 Å². The second kappa shape index (κ2) is 9.34. The van der Waals surface area contributed by atoms with Crippen LogP contribution in [0.4, 0.5) is 10.6 Å². The summed E-state index contributed by atoms with van der Waals surface area (Å²) < 4.78 is 33.5. The van der Waals surface area contributed by atoms with E-state index < -0.39 is 16.1 Å². The van der Waals surface area contributed by atoms with Crippen LogP contribution in [-0.2, 0) is 27.8 Å². The third-order valence-electron chi connectivity index (χ3n) is 5.87. The quantitative estimate of drug-likeness (QED) is 0.254. The molecule has 1 aliphatic carbocycles. The number of rotatable bonds is 9. The molecule has 0 saturated heterocycles. The van der Waals surface area contributed by atoms with Crippen LogP contribution in [0.25, 0.3) is 22.1 Å². The van der Waals surface area contributed by atoms with Crippen molar-refractivity contribution in [3.05, 3.63) is 47.6 Å². The molecule has 11 nitrogen and oxygen atoms in total. The first-order valence-electron chi connectivity index (χ1n) is 11.2. The molecule has 3 heterocycles. The summed E-state index contributed by atoms with van der Waals surface area (Å²) in [6.07, 6.45) is 5.52. The monoisotopic (exact) mass is 517 g/mol. The number of nitrogen functional groups attached to an aromatic ring is 1. The fourth-order valence-electron chi connectivity index (χ4n) is 3.90. The minimum Gasteiger partial charge on any atom is -0.450 e. The van der Waals surface area contributed by atoms with Gasteiger partial charge in [0.15, 0.2) is 11.5 Å². The Balaban J connectivity index is 1.08. The molecule has 0 bridgehead atoms. The Morgan fingerprint density at radius 3 is 2.86 bits per heavy atom. The lowest BCUT2D eigenvalue weighted by Gasteiger charge is -2.09. The van der Waals surface area contributed by atoms with Crippen molar-refractivity contribution in [1.82, 2.24) is 28.8 Å². The number of alkyl carbamates (subject to hydrolysis) is 1. The van der Waals surface area contributed by atoms with Gasteiger partial charge in [0.2, 0.25) is 15.3 Å². The highest BCUT2D eigenvalue weighted by molar-refractivity contribution is 7.91.